The number of hydrogen-bond acceptors (Lipinski definition) is 7. The van der Waals surface area contributed by atoms with Crippen molar-refractivity contribution in [1.29, 1.82) is 0 Å². The molecule has 3 aliphatic rings. The number of aliphatic carboxylic acids is 1. The van der Waals surface area contributed by atoms with Gasteiger partial charge in [0.1, 0.15) is 29.8 Å². The molecule has 1 aromatic heterocycles. The number of carboxylic acid groups (broad SMARTS) is 1. The molecule has 4 rings (SSSR count). The van der Waals surface area contributed by atoms with Crippen LogP contribution in [0.5, 0.6) is 0 Å². The Hall–Kier alpha value is -2.74. The summed E-state index contributed by atoms with van der Waals surface area (Å²) in [5, 5.41) is 14.4. The minimum atomic E-state index is -4.80. The van der Waals surface area contributed by atoms with Gasteiger partial charge in [-0.1, -0.05) is 11.6 Å². The van der Waals surface area contributed by atoms with Crippen LogP contribution < -0.4 is 5.32 Å². The lowest BCUT2D eigenvalue weighted by Gasteiger charge is -2.49. The highest BCUT2D eigenvalue weighted by Gasteiger charge is 2.54. The molecule has 0 aromatic carbocycles. The first-order valence-electron chi connectivity index (χ1n) is 10.5. The second kappa shape index (κ2) is 9.04. The van der Waals surface area contributed by atoms with Crippen LogP contribution in [0.25, 0.3) is 0 Å². The summed E-state index contributed by atoms with van der Waals surface area (Å²) < 4.78 is 45.8. The summed E-state index contributed by atoms with van der Waals surface area (Å²) >= 11 is 7.14. The van der Waals surface area contributed by atoms with Crippen molar-refractivity contribution in [1.82, 2.24) is 20.0 Å². The van der Waals surface area contributed by atoms with Crippen molar-refractivity contribution in [3.8, 4) is 0 Å². The van der Waals surface area contributed by atoms with Gasteiger partial charge in [-0.2, -0.15) is 18.3 Å². The number of thioether (sulfide) groups is 1. The lowest BCUT2D eigenvalue weighted by molar-refractivity contribution is -0.151. The first kappa shape index (κ1) is 25.4. The number of halogens is 4. The fourth-order valence-corrected chi connectivity index (χ4v) is 5.71. The number of nitrogens with zero attached hydrogens (tertiary/aromatic N) is 3. The van der Waals surface area contributed by atoms with Crippen LogP contribution in [0.1, 0.15) is 50.0 Å². The van der Waals surface area contributed by atoms with Crippen LogP contribution in [-0.4, -0.2) is 67.3 Å². The SMILES string of the molecule is CC(=O)OCC1=C(C(=O)O)N2C(=O)[C@H](NC(=O)[C@H](C)n3nc(C(F)(F)F)c(Cl)c3C3CC3)[C@@H]2SC1. The molecule has 1 saturated carbocycles. The zero-order valence-electron chi connectivity index (χ0n) is 18.4. The van der Waals surface area contributed by atoms with Gasteiger partial charge < -0.3 is 15.2 Å². The Morgan fingerprint density at radius 2 is 2.00 bits per heavy atom. The molecule has 35 heavy (non-hydrogen) atoms. The largest absolute Gasteiger partial charge is 0.477 e. The summed E-state index contributed by atoms with van der Waals surface area (Å²) in [7, 11) is 0. The number of ether oxygens (including phenoxy) is 1. The van der Waals surface area contributed by atoms with Gasteiger partial charge in [-0.3, -0.25) is 24.0 Å². The van der Waals surface area contributed by atoms with E-state index < -0.39 is 58.1 Å². The molecule has 0 unspecified atom stereocenters. The normalized spacial score (nSPS) is 22.9. The summed E-state index contributed by atoms with van der Waals surface area (Å²) in [6, 6.07) is -2.29. The summed E-state index contributed by atoms with van der Waals surface area (Å²) in [4.78, 5) is 49.6. The number of amides is 2. The Balaban J connectivity index is 1.52. The van der Waals surface area contributed by atoms with Crippen molar-refractivity contribution in [2.75, 3.05) is 12.4 Å². The molecule has 0 radical (unpaired) electrons. The molecule has 2 aliphatic heterocycles. The van der Waals surface area contributed by atoms with E-state index in [9.17, 15) is 37.5 Å². The molecule has 15 heteroatoms. The lowest BCUT2D eigenvalue weighted by atomic mass is 10.0. The number of hydrogen-bond donors (Lipinski definition) is 2. The van der Waals surface area contributed by atoms with Gasteiger partial charge >= 0.3 is 18.1 Å². The van der Waals surface area contributed by atoms with Gasteiger partial charge in [0.05, 0.1) is 10.7 Å². The van der Waals surface area contributed by atoms with Gasteiger partial charge in [0, 0.05) is 24.2 Å². The van der Waals surface area contributed by atoms with E-state index in [1.807, 2.05) is 0 Å². The fraction of sp³-hybridized carbons (Fsp3) is 0.550. The molecule has 2 amide bonds. The number of esters is 1. The second-order valence-corrected chi connectivity index (χ2v) is 9.86. The lowest BCUT2D eigenvalue weighted by Crippen LogP contribution is -2.71. The Morgan fingerprint density at radius 1 is 1.34 bits per heavy atom. The predicted molar refractivity (Wildman–Crippen MR) is 115 cm³/mol. The Morgan fingerprint density at radius 3 is 2.54 bits per heavy atom. The van der Waals surface area contributed by atoms with Gasteiger partial charge in [-0.25, -0.2) is 4.79 Å². The monoisotopic (exact) mass is 536 g/mol. The molecule has 2 fully saturated rings. The van der Waals surface area contributed by atoms with Gasteiger partial charge in [0.2, 0.25) is 5.91 Å². The summed E-state index contributed by atoms with van der Waals surface area (Å²) in [6.45, 7) is 2.22. The smallest absolute Gasteiger partial charge is 0.436 e. The third-order valence-electron chi connectivity index (χ3n) is 5.86. The first-order valence-corrected chi connectivity index (χ1v) is 11.9. The molecule has 1 aromatic rings. The zero-order valence-corrected chi connectivity index (χ0v) is 20.0. The number of fused-ring (bicyclic) bond motifs is 1. The van der Waals surface area contributed by atoms with Crippen LogP contribution in [0, 0.1) is 0 Å². The quantitative estimate of drug-likeness (QED) is 0.401. The third kappa shape index (κ3) is 4.60. The maximum Gasteiger partial charge on any atom is 0.436 e. The maximum atomic E-state index is 13.3. The number of rotatable bonds is 7. The third-order valence-corrected chi connectivity index (χ3v) is 7.58. The Kier molecular flexibility index (Phi) is 6.55. The first-order chi connectivity index (χ1) is 16.3. The molecular weight excluding hydrogens is 517 g/mol. The molecule has 3 atom stereocenters. The van der Waals surface area contributed by atoms with Crippen LogP contribution in [0.2, 0.25) is 5.02 Å². The molecule has 3 heterocycles. The molecule has 10 nitrogen and oxygen atoms in total. The number of carbonyl (C=O) groups excluding carboxylic acids is 3. The molecule has 1 aliphatic carbocycles. The summed E-state index contributed by atoms with van der Waals surface area (Å²) in [5.41, 5.74) is -1.23. The fourth-order valence-electron chi connectivity index (χ4n) is 3.99. The number of carboxylic acids is 1. The highest BCUT2D eigenvalue weighted by atomic mass is 35.5. The Bertz CT molecular complexity index is 1150. The van der Waals surface area contributed by atoms with Crippen LogP contribution >= 0.6 is 23.4 Å². The maximum absolute atomic E-state index is 13.3. The van der Waals surface area contributed by atoms with Gasteiger partial charge in [0.15, 0.2) is 5.69 Å². The van der Waals surface area contributed by atoms with E-state index >= 15 is 0 Å². The number of nitrogens with one attached hydrogen (secondary N) is 1. The van der Waals surface area contributed by atoms with Crippen LogP contribution in [-0.2, 0) is 30.1 Å². The molecule has 190 valence electrons. The van der Waals surface area contributed by atoms with E-state index in [1.165, 1.54) is 25.6 Å². The van der Waals surface area contributed by atoms with Crippen molar-refractivity contribution in [3.63, 3.8) is 0 Å². The standard InChI is InChI=1S/C20H20ClF3N4O6S/c1-7(28-13(9-3-4-9)11(21)15(26-28)20(22,23)24)16(30)25-12-17(31)27-14(19(32)33)10(5-34-8(2)29)6-35-18(12)27/h7,9,12,18H,3-6H2,1-2H3,(H,25,30)(H,32,33)/t7-,12-,18-/m0/s1. The van der Waals surface area contributed by atoms with Gasteiger partial charge in [-0.05, 0) is 19.8 Å². The molecule has 0 spiro atoms. The molecular formula is C20H20ClF3N4O6S. The van der Waals surface area contributed by atoms with Crippen molar-refractivity contribution < 1.29 is 42.2 Å². The van der Waals surface area contributed by atoms with Crippen molar-refractivity contribution >= 4 is 47.1 Å². The van der Waals surface area contributed by atoms with Crippen molar-refractivity contribution in [2.45, 2.75) is 56.2 Å². The van der Waals surface area contributed by atoms with Crippen molar-refractivity contribution in [3.05, 3.63) is 27.7 Å². The second-order valence-electron chi connectivity index (χ2n) is 8.37. The number of aromatic nitrogens is 2. The molecule has 1 saturated heterocycles. The molecule has 2 N–H and O–H groups in total. The molecule has 0 bridgehead atoms. The van der Waals surface area contributed by atoms with Crippen LogP contribution in [0.15, 0.2) is 11.3 Å². The van der Waals surface area contributed by atoms with E-state index in [0.717, 1.165) is 9.58 Å². The van der Waals surface area contributed by atoms with E-state index in [0.29, 0.717) is 12.8 Å². The Labute approximate surface area is 205 Å². The highest BCUT2D eigenvalue weighted by Crippen LogP contribution is 2.48. The number of carbonyl (C=O) groups is 4. The predicted octanol–water partition coefficient (Wildman–Crippen LogP) is 2.30. The van der Waals surface area contributed by atoms with E-state index in [1.54, 1.807) is 0 Å². The highest BCUT2D eigenvalue weighted by molar-refractivity contribution is 8.00. The van der Waals surface area contributed by atoms with Crippen LogP contribution in [0.4, 0.5) is 13.2 Å². The van der Waals surface area contributed by atoms with Crippen molar-refractivity contribution in [2.24, 2.45) is 0 Å². The average molecular weight is 537 g/mol. The number of alkyl halides is 3. The average Bonchev–Trinajstić information content (AvgIpc) is 3.54. The van der Waals surface area contributed by atoms with E-state index in [-0.39, 0.29) is 35.2 Å². The van der Waals surface area contributed by atoms with E-state index in [4.69, 9.17) is 16.3 Å². The minimum Gasteiger partial charge on any atom is -0.477 e. The summed E-state index contributed by atoms with van der Waals surface area (Å²) in [6.07, 6.45) is -3.56. The topological polar surface area (TPSA) is 131 Å². The zero-order chi connectivity index (χ0) is 25.8. The van der Waals surface area contributed by atoms with Crippen LogP contribution in [0.3, 0.4) is 0 Å². The number of β-lactam (4-membered cyclic amide) rings is 1. The minimum absolute atomic E-state index is 0.126. The van der Waals surface area contributed by atoms with E-state index in [2.05, 4.69) is 10.4 Å². The van der Waals surface area contributed by atoms with Gasteiger partial charge in [0.25, 0.3) is 5.91 Å². The van der Waals surface area contributed by atoms with Gasteiger partial charge in [-0.15, -0.1) is 11.8 Å². The summed E-state index contributed by atoms with van der Waals surface area (Å²) in [5.74, 6) is -3.55.